The number of nitrogens with zero attached hydrogens (tertiary/aromatic N) is 1. The van der Waals surface area contributed by atoms with Crippen molar-refractivity contribution < 1.29 is 24.2 Å². The first kappa shape index (κ1) is 15.6. The minimum atomic E-state index is -1.08. The van der Waals surface area contributed by atoms with E-state index in [-0.39, 0.29) is 6.09 Å². The molecule has 1 atom stereocenters. The van der Waals surface area contributed by atoms with Gasteiger partial charge >= 0.3 is 12.1 Å². The summed E-state index contributed by atoms with van der Waals surface area (Å²) >= 11 is 0. The first-order valence-electron chi connectivity index (χ1n) is 7.15. The van der Waals surface area contributed by atoms with Crippen molar-refractivity contribution in [3.05, 3.63) is 0 Å². The number of likely N-dealkylation sites (tertiary alicyclic amines) is 1. The predicted octanol–water partition coefficient (Wildman–Crippen LogP) is 0.977. The summed E-state index contributed by atoms with van der Waals surface area (Å²) in [5.41, 5.74) is -1.03. The van der Waals surface area contributed by atoms with Crippen molar-refractivity contribution in [2.75, 3.05) is 13.1 Å². The smallest absolute Gasteiger partial charge is 0.410 e. The van der Waals surface area contributed by atoms with E-state index in [9.17, 15) is 14.4 Å². The predicted molar refractivity (Wildman–Crippen MR) is 73.7 cm³/mol. The summed E-state index contributed by atoms with van der Waals surface area (Å²) in [6, 6.07) is 0. The van der Waals surface area contributed by atoms with Gasteiger partial charge in [-0.15, -0.1) is 0 Å². The molecule has 21 heavy (non-hydrogen) atoms. The summed E-state index contributed by atoms with van der Waals surface area (Å²) in [7, 11) is 0. The lowest BCUT2D eigenvalue weighted by Gasteiger charge is -2.39. The molecular weight excluding hydrogens is 276 g/mol. The molecule has 2 aliphatic heterocycles. The number of amides is 2. The Morgan fingerprint density at radius 2 is 1.90 bits per heavy atom. The van der Waals surface area contributed by atoms with Crippen molar-refractivity contribution >= 4 is 18.0 Å². The third kappa shape index (κ3) is 3.46. The Labute approximate surface area is 123 Å². The number of carboxylic acid groups (broad SMARTS) is 1. The summed E-state index contributed by atoms with van der Waals surface area (Å²) in [5, 5.41) is 11.8. The molecule has 0 radical (unpaired) electrons. The van der Waals surface area contributed by atoms with E-state index in [2.05, 4.69) is 5.32 Å². The van der Waals surface area contributed by atoms with Crippen LogP contribution in [0.1, 0.15) is 40.0 Å². The molecule has 118 valence electrons. The molecule has 0 bridgehead atoms. The van der Waals surface area contributed by atoms with E-state index in [4.69, 9.17) is 9.84 Å². The fraction of sp³-hybridized carbons (Fsp3) is 0.786. The standard InChI is InChI=1S/C14H22N2O5/c1-13(2,3)21-12(20)16-6-4-14(5-7-16)8-9(11(18)19)10(17)15-14/h9H,4-8H2,1-3H3,(H,15,17)(H,18,19). The number of carbonyl (C=O) groups is 3. The largest absolute Gasteiger partial charge is 0.481 e. The molecule has 2 aliphatic rings. The first-order chi connectivity index (χ1) is 9.62. The van der Waals surface area contributed by atoms with Gasteiger partial charge in [-0.05, 0) is 40.0 Å². The van der Waals surface area contributed by atoms with Gasteiger partial charge in [-0.2, -0.15) is 0 Å². The lowest BCUT2D eigenvalue weighted by molar-refractivity contribution is -0.145. The normalized spacial score (nSPS) is 24.8. The number of carbonyl (C=O) groups excluding carboxylic acids is 2. The quantitative estimate of drug-likeness (QED) is 0.703. The van der Waals surface area contributed by atoms with Crippen LogP contribution in [0.3, 0.4) is 0 Å². The Balaban J connectivity index is 1.93. The zero-order chi connectivity index (χ0) is 15.8. The number of nitrogens with one attached hydrogen (secondary N) is 1. The van der Waals surface area contributed by atoms with E-state index < -0.39 is 28.9 Å². The van der Waals surface area contributed by atoms with Crippen LogP contribution in [0, 0.1) is 5.92 Å². The third-order valence-electron chi connectivity index (χ3n) is 3.97. The second kappa shape index (κ2) is 5.20. The van der Waals surface area contributed by atoms with Gasteiger partial charge in [-0.1, -0.05) is 0 Å². The van der Waals surface area contributed by atoms with Crippen molar-refractivity contribution in [1.82, 2.24) is 10.2 Å². The Morgan fingerprint density at radius 3 is 2.33 bits per heavy atom. The van der Waals surface area contributed by atoms with Gasteiger partial charge in [-0.25, -0.2) is 4.79 Å². The molecule has 1 unspecified atom stereocenters. The number of piperidine rings is 1. The van der Waals surface area contributed by atoms with E-state index >= 15 is 0 Å². The summed E-state index contributed by atoms with van der Waals surface area (Å²) in [5.74, 6) is -2.48. The average molecular weight is 298 g/mol. The molecule has 0 aromatic rings. The number of aliphatic carboxylic acids is 1. The maximum atomic E-state index is 12.0. The Hall–Kier alpha value is -1.79. The zero-order valence-corrected chi connectivity index (χ0v) is 12.6. The minimum Gasteiger partial charge on any atom is -0.481 e. The summed E-state index contributed by atoms with van der Waals surface area (Å²) < 4.78 is 5.31. The molecule has 1 spiro atoms. The maximum Gasteiger partial charge on any atom is 0.410 e. The number of hydrogen-bond donors (Lipinski definition) is 2. The van der Waals surface area contributed by atoms with Crippen LogP contribution in [0.2, 0.25) is 0 Å². The highest BCUT2D eigenvalue weighted by atomic mass is 16.6. The number of hydrogen-bond acceptors (Lipinski definition) is 4. The monoisotopic (exact) mass is 298 g/mol. The van der Waals surface area contributed by atoms with E-state index in [1.165, 1.54) is 0 Å². The molecule has 2 saturated heterocycles. The highest BCUT2D eigenvalue weighted by Gasteiger charge is 2.49. The lowest BCUT2D eigenvalue weighted by Crippen LogP contribution is -2.52. The minimum absolute atomic E-state index is 0.295. The molecule has 2 rings (SSSR count). The van der Waals surface area contributed by atoms with E-state index in [0.717, 1.165) is 0 Å². The van der Waals surface area contributed by atoms with E-state index in [1.807, 2.05) is 20.8 Å². The number of carboxylic acids is 1. The Bertz CT molecular complexity index is 460. The highest BCUT2D eigenvalue weighted by molar-refractivity contribution is 5.99. The molecule has 7 heteroatoms. The van der Waals surface area contributed by atoms with Crippen molar-refractivity contribution in [2.24, 2.45) is 5.92 Å². The number of rotatable bonds is 1. The fourth-order valence-electron chi connectivity index (χ4n) is 2.86. The molecule has 2 heterocycles. The van der Waals surface area contributed by atoms with Gasteiger partial charge in [0.15, 0.2) is 0 Å². The topological polar surface area (TPSA) is 95.9 Å². The molecule has 0 aromatic heterocycles. The SMILES string of the molecule is CC(C)(C)OC(=O)N1CCC2(CC1)CC(C(=O)O)C(=O)N2. The van der Waals surface area contributed by atoms with Gasteiger partial charge in [0.25, 0.3) is 0 Å². The summed E-state index contributed by atoms with van der Waals surface area (Å²) in [4.78, 5) is 36.3. The maximum absolute atomic E-state index is 12.0. The molecule has 0 aromatic carbocycles. The molecule has 0 aliphatic carbocycles. The molecular formula is C14H22N2O5. The van der Waals surface area contributed by atoms with Gasteiger partial charge in [-0.3, -0.25) is 9.59 Å². The second-order valence-electron chi connectivity index (χ2n) is 6.83. The van der Waals surface area contributed by atoms with Crippen molar-refractivity contribution in [3.8, 4) is 0 Å². The van der Waals surface area contributed by atoms with Gasteiger partial charge in [0.05, 0.1) is 0 Å². The van der Waals surface area contributed by atoms with Crippen LogP contribution in [0.15, 0.2) is 0 Å². The number of ether oxygens (including phenoxy) is 1. The van der Waals surface area contributed by atoms with Crippen LogP contribution in [-0.4, -0.2) is 52.2 Å². The van der Waals surface area contributed by atoms with Gasteiger partial charge in [0.1, 0.15) is 11.5 Å². The second-order valence-corrected chi connectivity index (χ2v) is 6.83. The molecule has 2 fully saturated rings. The van der Waals surface area contributed by atoms with Gasteiger partial charge in [0.2, 0.25) is 5.91 Å². The van der Waals surface area contributed by atoms with Crippen molar-refractivity contribution in [1.29, 1.82) is 0 Å². The van der Waals surface area contributed by atoms with Crippen LogP contribution < -0.4 is 5.32 Å². The fourth-order valence-corrected chi connectivity index (χ4v) is 2.86. The van der Waals surface area contributed by atoms with Gasteiger partial charge in [0, 0.05) is 18.6 Å². The first-order valence-corrected chi connectivity index (χ1v) is 7.15. The molecule has 2 N–H and O–H groups in total. The van der Waals surface area contributed by atoms with E-state index in [1.54, 1.807) is 4.90 Å². The van der Waals surface area contributed by atoms with Gasteiger partial charge < -0.3 is 20.1 Å². The summed E-state index contributed by atoms with van der Waals surface area (Å²) in [6.45, 7) is 6.35. The van der Waals surface area contributed by atoms with E-state index in [0.29, 0.717) is 32.4 Å². The molecule has 2 amide bonds. The van der Waals surface area contributed by atoms with Crippen LogP contribution in [0.5, 0.6) is 0 Å². The molecule has 0 saturated carbocycles. The van der Waals surface area contributed by atoms with Crippen molar-refractivity contribution in [2.45, 2.75) is 51.2 Å². The van der Waals surface area contributed by atoms with Crippen LogP contribution in [-0.2, 0) is 14.3 Å². The summed E-state index contributed by atoms with van der Waals surface area (Å²) in [6.07, 6.45) is 1.05. The zero-order valence-electron chi connectivity index (χ0n) is 12.6. The van der Waals surface area contributed by atoms with Crippen molar-refractivity contribution in [3.63, 3.8) is 0 Å². The van der Waals surface area contributed by atoms with Crippen LogP contribution in [0.25, 0.3) is 0 Å². The highest BCUT2D eigenvalue weighted by Crippen LogP contribution is 2.34. The Kier molecular flexibility index (Phi) is 3.86. The van der Waals surface area contributed by atoms with Crippen LogP contribution >= 0.6 is 0 Å². The average Bonchev–Trinajstić information content (AvgIpc) is 2.65. The lowest BCUT2D eigenvalue weighted by atomic mass is 9.84. The Morgan fingerprint density at radius 1 is 1.33 bits per heavy atom. The van der Waals surface area contributed by atoms with Crippen LogP contribution in [0.4, 0.5) is 4.79 Å². The third-order valence-corrected chi connectivity index (χ3v) is 3.97. The molecule has 7 nitrogen and oxygen atoms in total.